The molecule has 0 atom stereocenters. The van der Waals surface area contributed by atoms with Crippen LogP contribution in [0.1, 0.15) is 46.4 Å². The molecule has 1 aromatic heterocycles. The Hall–Kier alpha value is -3.97. The topological polar surface area (TPSA) is 148 Å². The number of rotatable bonds is 5. The predicted octanol–water partition coefficient (Wildman–Crippen LogP) is 2.03. The van der Waals surface area contributed by atoms with Gasteiger partial charge in [-0.05, 0) is 49.4 Å². The fourth-order valence-corrected chi connectivity index (χ4v) is 3.92. The summed E-state index contributed by atoms with van der Waals surface area (Å²) >= 11 is 4.34. The first-order valence-electron chi connectivity index (χ1n) is 9.59. The van der Waals surface area contributed by atoms with E-state index in [-0.39, 0.29) is 21.8 Å². The first-order valence-corrected chi connectivity index (χ1v) is 11.2. The number of esters is 1. The quantitative estimate of drug-likeness (QED) is 0.282. The third-order valence-corrected chi connectivity index (χ3v) is 5.94. The highest BCUT2D eigenvalue weighted by Gasteiger charge is 2.39. The van der Waals surface area contributed by atoms with Crippen LogP contribution in [0, 0.1) is 6.92 Å². The maximum absolute atomic E-state index is 12.7. The van der Waals surface area contributed by atoms with Crippen LogP contribution in [-0.4, -0.2) is 46.4 Å². The maximum Gasteiger partial charge on any atom is 0.338 e. The van der Waals surface area contributed by atoms with Crippen molar-refractivity contribution in [3.05, 3.63) is 74.2 Å². The van der Waals surface area contributed by atoms with Crippen LogP contribution in [0.3, 0.4) is 0 Å². The molecule has 13 heteroatoms. The van der Waals surface area contributed by atoms with E-state index in [1.807, 2.05) is 0 Å². The molecule has 0 spiro atoms. The summed E-state index contributed by atoms with van der Waals surface area (Å²) < 4.78 is 5.73. The summed E-state index contributed by atoms with van der Waals surface area (Å²) in [4.78, 5) is 62.5. The number of hydrogen-bond donors (Lipinski definition) is 2. The second-order valence-corrected chi connectivity index (χ2v) is 8.97. The van der Waals surface area contributed by atoms with Crippen LogP contribution in [0.5, 0.6) is 0 Å². The van der Waals surface area contributed by atoms with E-state index < -0.39 is 36.2 Å². The van der Waals surface area contributed by atoms with Crippen molar-refractivity contribution in [2.24, 2.45) is 0 Å². The van der Waals surface area contributed by atoms with Gasteiger partial charge in [0.05, 0.1) is 16.7 Å². The molecular formula is C21H14BrN5O6S. The molecule has 11 nitrogen and oxygen atoms in total. The Labute approximate surface area is 204 Å². The average molecular weight is 544 g/mol. The predicted molar refractivity (Wildman–Crippen MR) is 122 cm³/mol. The summed E-state index contributed by atoms with van der Waals surface area (Å²) in [5, 5.41) is 8.35. The first-order chi connectivity index (χ1) is 16.2. The van der Waals surface area contributed by atoms with E-state index in [0.717, 1.165) is 20.7 Å². The summed E-state index contributed by atoms with van der Waals surface area (Å²) in [6.07, 6.45) is 0. The number of aryl methyl sites for hydroxylation is 1. The zero-order valence-corrected chi connectivity index (χ0v) is 19.7. The van der Waals surface area contributed by atoms with Crippen molar-refractivity contribution in [1.82, 2.24) is 21.0 Å². The third-order valence-electron chi connectivity index (χ3n) is 4.59. The number of carbonyl (C=O) groups excluding carboxylic acids is 5. The summed E-state index contributed by atoms with van der Waals surface area (Å²) in [6, 6.07) is 10.3. The van der Waals surface area contributed by atoms with Gasteiger partial charge in [-0.25, -0.2) is 9.69 Å². The smallest absolute Gasteiger partial charge is 0.338 e. The molecule has 4 rings (SSSR count). The fourth-order valence-electron chi connectivity index (χ4n) is 2.97. The molecular weight excluding hydrogens is 530 g/mol. The number of nitrogens with zero attached hydrogens (tertiary/aromatic N) is 3. The number of ether oxygens (including phenoxy) is 1. The highest BCUT2D eigenvalue weighted by atomic mass is 79.9. The number of nitrogens with one attached hydrogen (secondary N) is 2. The molecule has 0 bridgehead atoms. The van der Waals surface area contributed by atoms with Crippen LogP contribution in [0.2, 0.25) is 0 Å². The number of halogens is 1. The van der Waals surface area contributed by atoms with Crippen molar-refractivity contribution < 1.29 is 28.7 Å². The van der Waals surface area contributed by atoms with E-state index in [2.05, 4.69) is 37.0 Å². The minimum absolute atomic E-state index is 0.0125. The van der Waals surface area contributed by atoms with E-state index in [4.69, 9.17) is 4.74 Å². The van der Waals surface area contributed by atoms with Crippen LogP contribution in [-0.2, 0) is 9.53 Å². The molecule has 0 saturated carbocycles. The van der Waals surface area contributed by atoms with Crippen LogP contribution in [0.4, 0.5) is 5.13 Å². The van der Waals surface area contributed by atoms with Crippen LogP contribution in [0.25, 0.3) is 0 Å². The van der Waals surface area contributed by atoms with E-state index in [9.17, 15) is 24.0 Å². The Morgan fingerprint density at radius 2 is 1.65 bits per heavy atom. The van der Waals surface area contributed by atoms with Crippen LogP contribution >= 0.6 is 27.3 Å². The molecule has 0 radical (unpaired) electrons. The molecule has 2 N–H and O–H groups in total. The van der Waals surface area contributed by atoms with Crippen molar-refractivity contribution in [3.8, 4) is 0 Å². The second-order valence-electron chi connectivity index (χ2n) is 6.90. The summed E-state index contributed by atoms with van der Waals surface area (Å²) in [7, 11) is 0. The Kier molecular flexibility index (Phi) is 6.47. The van der Waals surface area contributed by atoms with Crippen molar-refractivity contribution in [2.75, 3.05) is 11.5 Å². The lowest BCUT2D eigenvalue weighted by Gasteiger charge is -2.08. The molecule has 0 fully saturated rings. The van der Waals surface area contributed by atoms with Crippen molar-refractivity contribution in [2.45, 2.75) is 6.92 Å². The zero-order chi connectivity index (χ0) is 24.4. The molecule has 34 heavy (non-hydrogen) atoms. The number of imide groups is 1. The Balaban J connectivity index is 1.35. The lowest BCUT2D eigenvalue weighted by Crippen LogP contribution is -2.43. The van der Waals surface area contributed by atoms with Crippen molar-refractivity contribution in [3.63, 3.8) is 0 Å². The van der Waals surface area contributed by atoms with Crippen LogP contribution in [0.15, 0.2) is 46.9 Å². The lowest BCUT2D eigenvalue weighted by molar-refractivity contribution is -0.125. The van der Waals surface area contributed by atoms with Gasteiger partial charge in [-0.3, -0.25) is 30.0 Å². The monoisotopic (exact) mass is 543 g/mol. The number of benzene rings is 2. The lowest BCUT2D eigenvalue weighted by atomic mass is 10.1. The molecule has 2 heterocycles. The van der Waals surface area contributed by atoms with E-state index >= 15 is 0 Å². The summed E-state index contributed by atoms with van der Waals surface area (Å²) in [6.45, 7) is 1.01. The van der Waals surface area contributed by atoms with E-state index in [1.54, 1.807) is 31.2 Å². The number of anilines is 1. The van der Waals surface area contributed by atoms with Crippen molar-refractivity contribution >= 4 is 62.0 Å². The van der Waals surface area contributed by atoms with Gasteiger partial charge >= 0.3 is 5.97 Å². The Bertz CT molecular complexity index is 1340. The highest BCUT2D eigenvalue weighted by molar-refractivity contribution is 9.10. The SMILES string of the molecule is Cc1nnc(N2C(=O)c3ccc(C(=O)OCC(=O)NNC(=O)c4ccc(Br)cc4)cc3C2=O)s1. The summed E-state index contributed by atoms with van der Waals surface area (Å²) in [5.74, 6) is -3.42. The van der Waals surface area contributed by atoms with Gasteiger partial charge in [0.1, 0.15) is 5.01 Å². The van der Waals surface area contributed by atoms with E-state index in [0.29, 0.717) is 10.6 Å². The maximum atomic E-state index is 12.7. The number of aromatic nitrogens is 2. The molecule has 4 amide bonds. The van der Waals surface area contributed by atoms with Gasteiger partial charge in [-0.2, -0.15) is 0 Å². The van der Waals surface area contributed by atoms with Crippen LogP contribution < -0.4 is 15.8 Å². The Morgan fingerprint density at radius 3 is 2.32 bits per heavy atom. The standard InChI is InChI=1S/C21H14BrN5O6S/c1-10-23-26-21(34-10)27-18(30)14-7-4-12(8-15(14)19(27)31)20(32)33-9-16(28)24-25-17(29)11-2-5-13(22)6-3-11/h2-8H,9H2,1H3,(H,24,28)(H,25,29). The number of carbonyl (C=O) groups is 5. The summed E-state index contributed by atoms with van der Waals surface area (Å²) in [5.41, 5.74) is 4.76. The van der Waals surface area contributed by atoms with Gasteiger partial charge in [0.2, 0.25) is 5.13 Å². The zero-order valence-electron chi connectivity index (χ0n) is 17.3. The molecule has 0 aliphatic carbocycles. The first kappa shape index (κ1) is 23.2. The molecule has 1 aliphatic heterocycles. The number of fused-ring (bicyclic) bond motifs is 1. The van der Waals surface area contributed by atoms with Gasteiger partial charge in [0, 0.05) is 10.0 Å². The third kappa shape index (κ3) is 4.70. The number of amides is 4. The molecule has 3 aromatic rings. The average Bonchev–Trinajstić information content (AvgIpc) is 3.36. The molecule has 1 aliphatic rings. The van der Waals surface area contributed by atoms with E-state index in [1.165, 1.54) is 18.2 Å². The highest BCUT2D eigenvalue weighted by Crippen LogP contribution is 2.30. The van der Waals surface area contributed by atoms with Crippen molar-refractivity contribution in [1.29, 1.82) is 0 Å². The van der Waals surface area contributed by atoms with Gasteiger partial charge in [-0.1, -0.05) is 27.3 Å². The van der Waals surface area contributed by atoms with Gasteiger partial charge < -0.3 is 4.74 Å². The van der Waals surface area contributed by atoms with Gasteiger partial charge in [-0.15, -0.1) is 10.2 Å². The van der Waals surface area contributed by atoms with Gasteiger partial charge in [0.15, 0.2) is 6.61 Å². The second kappa shape index (κ2) is 9.49. The normalized spacial score (nSPS) is 12.4. The number of hydrogen-bond acceptors (Lipinski definition) is 9. The molecule has 2 aromatic carbocycles. The molecule has 0 saturated heterocycles. The van der Waals surface area contributed by atoms with Gasteiger partial charge in [0.25, 0.3) is 23.6 Å². The molecule has 172 valence electrons. The molecule has 0 unspecified atom stereocenters. The minimum Gasteiger partial charge on any atom is -0.452 e. The largest absolute Gasteiger partial charge is 0.452 e. The number of hydrazine groups is 1. The minimum atomic E-state index is -0.886. The fraction of sp³-hybridized carbons (Fsp3) is 0.0952. The Morgan fingerprint density at radius 1 is 0.971 bits per heavy atom.